The Morgan fingerprint density at radius 2 is 1.94 bits per heavy atom. The Labute approximate surface area is 96.6 Å². The number of imide groups is 1. The maximum Gasteiger partial charge on any atom is 0.327 e. The third-order valence-electron chi connectivity index (χ3n) is 3.84. The first kappa shape index (κ1) is 11.4. The van der Waals surface area contributed by atoms with E-state index in [0.717, 1.165) is 32.1 Å². The molecule has 3 amide bonds. The van der Waals surface area contributed by atoms with Gasteiger partial charge in [0.05, 0.1) is 0 Å². The lowest BCUT2D eigenvalue weighted by molar-refractivity contribution is -0.126. The second-order valence-corrected chi connectivity index (χ2v) is 4.87. The van der Waals surface area contributed by atoms with Crippen LogP contribution in [0.25, 0.3) is 0 Å². The van der Waals surface area contributed by atoms with Gasteiger partial charge in [-0.2, -0.15) is 0 Å². The molecule has 0 radical (unpaired) electrons. The number of rotatable bonds is 3. The fourth-order valence-electron chi connectivity index (χ4n) is 2.62. The second-order valence-electron chi connectivity index (χ2n) is 4.87. The number of hydrogen-bond acceptors (Lipinski definition) is 2. The van der Waals surface area contributed by atoms with E-state index in [9.17, 15) is 9.59 Å². The minimum atomic E-state index is -0.0637. The highest BCUT2D eigenvalue weighted by atomic mass is 16.2. The molecule has 0 spiro atoms. The third kappa shape index (κ3) is 1.81. The van der Waals surface area contributed by atoms with E-state index in [1.54, 1.807) is 4.90 Å². The fraction of sp³-hybridized carbons (Fsp3) is 0.833. The van der Waals surface area contributed by atoms with E-state index in [0.29, 0.717) is 0 Å². The number of urea groups is 1. The number of hydrogen-bond donors (Lipinski definition) is 0. The van der Waals surface area contributed by atoms with Crippen molar-refractivity contribution in [2.45, 2.75) is 58.0 Å². The van der Waals surface area contributed by atoms with E-state index < -0.39 is 0 Å². The summed E-state index contributed by atoms with van der Waals surface area (Å²) >= 11 is 0. The van der Waals surface area contributed by atoms with Gasteiger partial charge in [0.25, 0.3) is 5.91 Å². The van der Waals surface area contributed by atoms with Crippen LogP contribution in [0.2, 0.25) is 0 Å². The van der Waals surface area contributed by atoms with Crippen LogP contribution in [0, 0.1) is 0 Å². The minimum Gasteiger partial charge on any atom is -0.312 e. The van der Waals surface area contributed by atoms with Crippen molar-refractivity contribution >= 4 is 11.9 Å². The van der Waals surface area contributed by atoms with Gasteiger partial charge in [-0.05, 0) is 26.2 Å². The van der Waals surface area contributed by atoms with Crippen LogP contribution in [0.1, 0.15) is 46.0 Å². The summed E-state index contributed by atoms with van der Waals surface area (Å²) < 4.78 is 0. The predicted octanol–water partition coefficient (Wildman–Crippen LogP) is 1.99. The van der Waals surface area contributed by atoms with Gasteiger partial charge in [0.2, 0.25) is 0 Å². The Morgan fingerprint density at radius 1 is 1.31 bits per heavy atom. The van der Waals surface area contributed by atoms with Crippen LogP contribution in [0.5, 0.6) is 0 Å². The van der Waals surface area contributed by atoms with Crippen molar-refractivity contribution in [1.82, 2.24) is 9.80 Å². The van der Waals surface area contributed by atoms with Crippen LogP contribution in [0.4, 0.5) is 4.79 Å². The highest BCUT2D eigenvalue weighted by Crippen LogP contribution is 2.28. The van der Waals surface area contributed by atoms with Crippen LogP contribution in [0.3, 0.4) is 0 Å². The third-order valence-corrected chi connectivity index (χ3v) is 3.84. The maximum absolute atomic E-state index is 12.1. The van der Waals surface area contributed by atoms with E-state index in [4.69, 9.17) is 0 Å². The van der Waals surface area contributed by atoms with Gasteiger partial charge >= 0.3 is 6.03 Å². The van der Waals surface area contributed by atoms with Crippen molar-refractivity contribution in [3.05, 3.63) is 0 Å². The van der Waals surface area contributed by atoms with E-state index in [-0.39, 0.29) is 30.6 Å². The Hall–Kier alpha value is -1.06. The molecule has 1 atom stereocenters. The van der Waals surface area contributed by atoms with E-state index in [1.807, 2.05) is 13.8 Å². The molecule has 0 aromatic carbocycles. The molecule has 1 aliphatic heterocycles. The molecule has 2 aliphatic rings. The number of carbonyl (C=O) groups excluding carboxylic acids is 2. The summed E-state index contributed by atoms with van der Waals surface area (Å²) in [5.74, 6) is -0.00259. The molecule has 16 heavy (non-hydrogen) atoms. The molecule has 0 bridgehead atoms. The summed E-state index contributed by atoms with van der Waals surface area (Å²) in [6.07, 6.45) is 5.17. The van der Waals surface area contributed by atoms with Crippen molar-refractivity contribution < 1.29 is 9.59 Å². The minimum absolute atomic E-state index is 0.00259. The molecular formula is C12H20N2O2. The second kappa shape index (κ2) is 4.44. The van der Waals surface area contributed by atoms with Gasteiger partial charge in [-0.15, -0.1) is 0 Å². The Morgan fingerprint density at radius 3 is 2.50 bits per heavy atom. The highest BCUT2D eigenvalue weighted by Gasteiger charge is 2.42. The topological polar surface area (TPSA) is 40.6 Å². The van der Waals surface area contributed by atoms with Crippen LogP contribution in [-0.4, -0.2) is 40.4 Å². The van der Waals surface area contributed by atoms with Gasteiger partial charge in [-0.3, -0.25) is 9.69 Å². The van der Waals surface area contributed by atoms with E-state index in [1.165, 1.54) is 4.90 Å². The molecule has 0 aromatic heterocycles. The first-order chi connectivity index (χ1) is 7.65. The fourth-order valence-corrected chi connectivity index (χ4v) is 2.62. The maximum atomic E-state index is 12.1. The zero-order chi connectivity index (χ0) is 11.7. The molecule has 90 valence electrons. The molecule has 4 nitrogen and oxygen atoms in total. The summed E-state index contributed by atoms with van der Waals surface area (Å²) in [4.78, 5) is 27.2. The van der Waals surface area contributed by atoms with E-state index in [2.05, 4.69) is 0 Å². The molecule has 4 heteroatoms. The number of amides is 3. The molecule has 1 saturated carbocycles. The quantitative estimate of drug-likeness (QED) is 0.688. The standard InChI is InChI=1S/C12H20N2O2/c1-3-9(2)13-8-11(15)14(12(13)16)10-6-4-5-7-10/h9-10H,3-8H2,1-2H3. The highest BCUT2D eigenvalue weighted by molar-refractivity contribution is 6.02. The summed E-state index contributed by atoms with van der Waals surface area (Å²) in [7, 11) is 0. The number of nitrogens with zero attached hydrogens (tertiary/aromatic N) is 2. The first-order valence-corrected chi connectivity index (χ1v) is 6.27. The summed E-state index contributed by atoms with van der Waals surface area (Å²) in [6, 6.07) is 0.281. The Bertz CT molecular complexity index is 297. The molecule has 1 aliphatic carbocycles. The lowest BCUT2D eigenvalue weighted by Crippen LogP contribution is -2.41. The molecule has 1 unspecified atom stereocenters. The normalized spacial score (nSPS) is 24.6. The average molecular weight is 224 g/mol. The van der Waals surface area contributed by atoms with Gasteiger partial charge < -0.3 is 4.90 Å². The number of carbonyl (C=O) groups is 2. The molecule has 2 rings (SSSR count). The lowest BCUT2D eigenvalue weighted by atomic mass is 10.2. The SMILES string of the molecule is CCC(C)N1CC(=O)N(C2CCCC2)C1=O. The smallest absolute Gasteiger partial charge is 0.312 e. The van der Waals surface area contributed by atoms with E-state index >= 15 is 0 Å². The van der Waals surface area contributed by atoms with Crippen molar-refractivity contribution in [1.29, 1.82) is 0 Å². The average Bonchev–Trinajstić information content (AvgIpc) is 2.86. The summed E-state index contributed by atoms with van der Waals surface area (Å²) in [5.41, 5.74) is 0. The zero-order valence-electron chi connectivity index (χ0n) is 10.1. The van der Waals surface area contributed by atoms with Gasteiger partial charge in [-0.25, -0.2) is 4.79 Å². The van der Waals surface area contributed by atoms with Crippen molar-refractivity contribution in [2.75, 3.05) is 6.54 Å². The summed E-state index contributed by atoms with van der Waals surface area (Å²) in [6.45, 7) is 4.33. The van der Waals surface area contributed by atoms with Crippen LogP contribution >= 0.6 is 0 Å². The molecule has 1 heterocycles. The zero-order valence-corrected chi connectivity index (χ0v) is 10.1. The summed E-state index contributed by atoms with van der Waals surface area (Å²) in [5, 5.41) is 0. The van der Waals surface area contributed by atoms with Crippen LogP contribution < -0.4 is 0 Å². The van der Waals surface area contributed by atoms with Crippen molar-refractivity contribution in [2.24, 2.45) is 0 Å². The van der Waals surface area contributed by atoms with Gasteiger partial charge in [0.1, 0.15) is 6.54 Å². The van der Waals surface area contributed by atoms with Gasteiger partial charge in [0, 0.05) is 12.1 Å². The van der Waals surface area contributed by atoms with Crippen LogP contribution in [-0.2, 0) is 4.79 Å². The van der Waals surface area contributed by atoms with Crippen LogP contribution in [0.15, 0.2) is 0 Å². The molecule has 0 N–H and O–H groups in total. The van der Waals surface area contributed by atoms with Crippen molar-refractivity contribution in [3.8, 4) is 0 Å². The molecule has 2 fully saturated rings. The first-order valence-electron chi connectivity index (χ1n) is 6.27. The monoisotopic (exact) mass is 224 g/mol. The van der Waals surface area contributed by atoms with Gasteiger partial charge in [0.15, 0.2) is 0 Å². The lowest BCUT2D eigenvalue weighted by Gasteiger charge is -2.25. The largest absolute Gasteiger partial charge is 0.327 e. The predicted molar refractivity (Wildman–Crippen MR) is 61.0 cm³/mol. The van der Waals surface area contributed by atoms with Gasteiger partial charge in [-0.1, -0.05) is 19.8 Å². The van der Waals surface area contributed by atoms with Crippen molar-refractivity contribution in [3.63, 3.8) is 0 Å². The molecular weight excluding hydrogens is 204 g/mol. The Balaban J connectivity index is 2.09. The molecule has 1 saturated heterocycles. The Kier molecular flexibility index (Phi) is 3.17. The molecule has 0 aromatic rings.